The van der Waals surface area contributed by atoms with Gasteiger partial charge in [0.1, 0.15) is 0 Å². The summed E-state index contributed by atoms with van der Waals surface area (Å²) in [6.45, 7) is 5.64. The normalized spacial score (nSPS) is 11.1. The molecular weight excluding hydrogens is 204 g/mol. The molecule has 0 aromatic heterocycles. The van der Waals surface area contributed by atoms with Crippen molar-refractivity contribution in [2.45, 2.75) is 32.5 Å². The summed E-state index contributed by atoms with van der Waals surface area (Å²) in [6, 6.07) is 11.3. The van der Waals surface area contributed by atoms with Crippen LogP contribution in [0.15, 0.2) is 30.3 Å². The SMILES string of the molecule is CC(=O)O[Si](C)(C)CCc1ccccc1. The molecule has 3 heteroatoms. The van der Waals surface area contributed by atoms with Crippen LogP contribution in [-0.4, -0.2) is 14.3 Å². The molecule has 0 bridgehead atoms. The Bertz CT molecular complexity index is 320. The van der Waals surface area contributed by atoms with Gasteiger partial charge in [-0.1, -0.05) is 30.3 Å². The topological polar surface area (TPSA) is 26.3 Å². The van der Waals surface area contributed by atoms with Gasteiger partial charge in [-0.15, -0.1) is 0 Å². The predicted octanol–water partition coefficient (Wildman–Crippen LogP) is 3.00. The van der Waals surface area contributed by atoms with Gasteiger partial charge in [0.25, 0.3) is 5.97 Å². The molecule has 0 spiro atoms. The van der Waals surface area contributed by atoms with Crippen molar-refractivity contribution < 1.29 is 9.22 Å². The van der Waals surface area contributed by atoms with E-state index >= 15 is 0 Å². The summed E-state index contributed by atoms with van der Waals surface area (Å²) in [7, 11) is -1.80. The van der Waals surface area contributed by atoms with E-state index in [1.807, 2.05) is 18.2 Å². The number of hydrogen-bond donors (Lipinski definition) is 0. The van der Waals surface area contributed by atoms with Crippen LogP contribution in [0.4, 0.5) is 0 Å². The van der Waals surface area contributed by atoms with E-state index in [9.17, 15) is 4.79 Å². The molecule has 1 rings (SSSR count). The standard InChI is InChI=1S/C12H18O2Si/c1-11(13)14-15(2,3)10-9-12-7-5-4-6-8-12/h4-8H,9-10H2,1-3H3. The first kappa shape index (κ1) is 12.0. The Morgan fingerprint density at radius 3 is 2.40 bits per heavy atom. The lowest BCUT2D eigenvalue weighted by Gasteiger charge is -2.21. The summed E-state index contributed by atoms with van der Waals surface area (Å²) in [5.74, 6) is -0.153. The van der Waals surface area contributed by atoms with Crippen molar-refractivity contribution in [2.24, 2.45) is 0 Å². The lowest BCUT2D eigenvalue weighted by molar-refractivity contribution is -0.132. The summed E-state index contributed by atoms with van der Waals surface area (Å²) in [5.41, 5.74) is 1.31. The fourth-order valence-electron chi connectivity index (χ4n) is 1.53. The maximum atomic E-state index is 10.9. The molecule has 0 saturated carbocycles. The quantitative estimate of drug-likeness (QED) is 0.732. The van der Waals surface area contributed by atoms with Crippen molar-refractivity contribution in [3.63, 3.8) is 0 Å². The largest absolute Gasteiger partial charge is 0.520 e. The Labute approximate surface area is 92.4 Å². The van der Waals surface area contributed by atoms with Gasteiger partial charge in [0, 0.05) is 6.92 Å². The van der Waals surface area contributed by atoms with Gasteiger partial charge in [0.2, 0.25) is 8.32 Å². The van der Waals surface area contributed by atoms with E-state index in [-0.39, 0.29) is 5.97 Å². The Morgan fingerprint density at radius 2 is 1.87 bits per heavy atom. The van der Waals surface area contributed by atoms with E-state index in [2.05, 4.69) is 25.2 Å². The van der Waals surface area contributed by atoms with Gasteiger partial charge in [0.05, 0.1) is 0 Å². The van der Waals surface area contributed by atoms with Crippen molar-refractivity contribution in [2.75, 3.05) is 0 Å². The zero-order chi connectivity index (χ0) is 11.3. The Hall–Kier alpha value is -1.09. The molecule has 1 aromatic rings. The highest BCUT2D eigenvalue weighted by molar-refractivity contribution is 6.72. The van der Waals surface area contributed by atoms with Gasteiger partial charge in [-0.3, -0.25) is 4.79 Å². The minimum absolute atomic E-state index is 0.153. The Balaban J connectivity index is 2.46. The van der Waals surface area contributed by atoms with Crippen molar-refractivity contribution in [3.8, 4) is 0 Å². The monoisotopic (exact) mass is 222 g/mol. The molecule has 15 heavy (non-hydrogen) atoms. The lowest BCUT2D eigenvalue weighted by Crippen LogP contribution is -2.32. The second-order valence-electron chi connectivity index (χ2n) is 4.34. The maximum absolute atomic E-state index is 10.9. The van der Waals surface area contributed by atoms with Crippen molar-refractivity contribution in [1.29, 1.82) is 0 Å². The molecule has 0 aliphatic carbocycles. The molecule has 0 radical (unpaired) electrons. The van der Waals surface area contributed by atoms with Gasteiger partial charge in [-0.05, 0) is 31.1 Å². The minimum Gasteiger partial charge on any atom is -0.520 e. The predicted molar refractivity (Wildman–Crippen MR) is 64.2 cm³/mol. The van der Waals surface area contributed by atoms with Crippen LogP contribution < -0.4 is 0 Å². The summed E-state index contributed by atoms with van der Waals surface area (Å²) in [5, 5.41) is 0. The van der Waals surface area contributed by atoms with Gasteiger partial charge < -0.3 is 4.43 Å². The molecule has 2 nitrogen and oxygen atoms in total. The van der Waals surface area contributed by atoms with Crippen LogP contribution in [-0.2, 0) is 15.6 Å². The van der Waals surface area contributed by atoms with E-state index in [0.717, 1.165) is 12.5 Å². The van der Waals surface area contributed by atoms with Gasteiger partial charge in [-0.2, -0.15) is 0 Å². The average Bonchev–Trinajstić information content (AvgIpc) is 2.15. The summed E-state index contributed by atoms with van der Waals surface area (Å²) in [4.78, 5) is 10.9. The minimum atomic E-state index is -1.80. The van der Waals surface area contributed by atoms with Gasteiger partial charge in [0.15, 0.2) is 0 Å². The average molecular weight is 222 g/mol. The van der Waals surface area contributed by atoms with E-state index in [1.165, 1.54) is 12.5 Å². The third kappa shape index (κ3) is 4.79. The molecule has 0 aliphatic rings. The first-order valence-electron chi connectivity index (χ1n) is 5.23. The van der Waals surface area contributed by atoms with Crippen molar-refractivity contribution >= 4 is 14.3 Å². The highest BCUT2D eigenvalue weighted by Crippen LogP contribution is 2.15. The van der Waals surface area contributed by atoms with Crippen molar-refractivity contribution in [3.05, 3.63) is 35.9 Å². The third-order valence-corrected chi connectivity index (χ3v) is 4.57. The molecule has 0 saturated heterocycles. The molecule has 0 atom stereocenters. The first-order valence-corrected chi connectivity index (χ1v) is 8.35. The van der Waals surface area contributed by atoms with Crippen LogP contribution in [0.25, 0.3) is 0 Å². The van der Waals surface area contributed by atoms with E-state index in [4.69, 9.17) is 4.43 Å². The number of rotatable bonds is 4. The van der Waals surface area contributed by atoms with E-state index < -0.39 is 8.32 Å². The third-order valence-electron chi connectivity index (χ3n) is 2.28. The molecule has 0 fully saturated rings. The fraction of sp³-hybridized carbons (Fsp3) is 0.417. The second-order valence-corrected chi connectivity index (χ2v) is 8.56. The number of carbonyl (C=O) groups excluding carboxylic acids is 1. The van der Waals surface area contributed by atoms with E-state index in [0.29, 0.717) is 0 Å². The molecule has 0 aliphatic heterocycles. The second kappa shape index (κ2) is 5.12. The number of carbonyl (C=O) groups is 1. The van der Waals surface area contributed by atoms with Crippen LogP contribution in [0.1, 0.15) is 12.5 Å². The first-order chi connectivity index (χ1) is 6.99. The zero-order valence-corrected chi connectivity index (χ0v) is 10.6. The fourth-order valence-corrected chi connectivity index (χ4v) is 3.30. The maximum Gasteiger partial charge on any atom is 0.289 e. The summed E-state index contributed by atoms with van der Waals surface area (Å²) >= 11 is 0. The molecular formula is C12H18O2Si. The molecule has 0 amide bonds. The van der Waals surface area contributed by atoms with Crippen molar-refractivity contribution in [1.82, 2.24) is 0 Å². The number of aryl methyl sites for hydroxylation is 1. The lowest BCUT2D eigenvalue weighted by atomic mass is 10.2. The smallest absolute Gasteiger partial charge is 0.289 e. The Kier molecular flexibility index (Phi) is 4.09. The van der Waals surface area contributed by atoms with Crippen LogP contribution in [0.2, 0.25) is 19.1 Å². The van der Waals surface area contributed by atoms with Crippen LogP contribution in [0.3, 0.4) is 0 Å². The van der Waals surface area contributed by atoms with Crippen LogP contribution >= 0.6 is 0 Å². The number of hydrogen-bond acceptors (Lipinski definition) is 2. The summed E-state index contributed by atoms with van der Waals surface area (Å²) < 4.78 is 5.36. The molecule has 82 valence electrons. The molecule has 0 N–H and O–H groups in total. The zero-order valence-electron chi connectivity index (χ0n) is 9.62. The highest BCUT2D eigenvalue weighted by atomic mass is 28.4. The van der Waals surface area contributed by atoms with E-state index in [1.54, 1.807) is 0 Å². The van der Waals surface area contributed by atoms with Crippen LogP contribution in [0.5, 0.6) is 0 Å². The van der Waals surface area contributed by atoms with Gasteiger partial charge >= 0.3 is 0 Å². The van der Waals surface area contributed by atoms with Crippen LogP contribution in [0, 0.1) is 0 Å². The highest BCUT2D eigenvalue weighted by Gasteiger charge is 2.24. The Morgan fingerprint density at radius 1 is 1.27 bits per heavy atom. The summed E-state index contributed by atoms with van der Waals surface area (Å²) in [6.07, 6.45) is 0.993. The van der Waals surface area contributed by atoms with Gasteiger partial charge in [-0.25, -0.2) is 0 Å². The number of benzene rings is 1. The molecule has 0 heterocycles. The molecule has 1 aromatic carbocycles. The molecule has 0 unspecified atom stereocenters.